The number of hydrogen-bond donors (Lipinski definition) is 4. The average Bonchev–Trinajstić information content (AvgIpc) is 3.56. The molecule has 4 N–H and O–H groups in total. The zero-order valence-electron chi connectivity index (χ0n) is 22.1. The molecule has 0 unspecified atom stereocenters. The molecule has 2 aliphatic heterocycles. The van der Waals surface area contributed by atoms with E-state index in [1.807, 2.05) is 0 Å². The topological polar surface area (TPSA) is 173 Å². The third-order valence-corrected chi connectivity index (χ3v) is 9.74. The second-order valence-corrected chi connectivity index (χ2v) is 13.3. The summed E-state index contributed by atoms with van der Waals surface area (Å²) in [7, 11) is -7.94. The third-order valence-electron chi connectivity index (χ3n) is 6.96. The van der Waals surface area contributed by atoms with Gasteiger partial charge in [0.15, 0.2) is 0 Å². The molecule has 2 aromatic carbocycles. The van der Waals surface area contributed by atoms with Crippen molar-refractivity contribution in [2.75, 3.05) is 21.7 Å². The zero-order valence-corrected chi connectivity index (χ0v) is 23.7. The molecule has 0 bridgehead atoms. The molecule has 230 valence electrons. The van der Waals surface area contributed by atoms with Crippen molar-refractivity contribution >= 4 is 43.6 Å². The predicted octanol–water partition coefficient (Wildman–Crippen LogP) is 2.37. The number of nitrogens with one attached hydrogen (secondary N) is 2. The second kappa shape index (κ2) is 12.0. The minimum absolute atomic E-state index is 0.0140. The van der Waals surface area contributed by atoms with Gasteiger partial charge in [0.05, 0.1) is 12.2 Å². The number of alkyl halides is 3. The van der Waals surface area contributed by atoms with Crippen molar-refractivity contribution in [3.63, 3.8) is 0 Å². The van der Waals surface area contributed by atoms with Crippen LogP contribution in [0.4, 0.5) is 24.5 Å². The van der Waals surface area contributed by atoms with E-state index in [9.17, 15) is 49.8 Å². The number of halogens is 3. The molecule has 42 heavy (non-hydrogen) atoms. The van der Waals surface area contributed by atoms with E-state index < -0.39 is 57.1 Å². The van der Waals surface area contributed by atoms with E-state index in [0.717, 1.165) is 18.1 Å². The Morgan fingerprint density at radius 1 is 0.881 bits per heavy atom. The Hall–Kier alpha value is -3.57. The molecule has 3 aliphatic rings. The lowest BCUT2D eigenvalue weighted by Gasteiger charge is -2.17. The Kier molecular flexibility index (Phi) is 8.94. The lowest BCUT2D eigenvalue weighted by Crippen LogP contribution is -2.31. The van der Waals surface area contributed by atoms with Gasteiger partial charge in [-0.1, -0.05) is 37.8 Å². The molecule has 0 atom stereocenters. The van der Waals surface area contributed by atoms with Crippen LogP contribution in [0, 0.1) is 5.92 Å². The third kappa shape index (κ3) is 7.43. The minimum atomic E-state index is -4.32. The number of hydrogen-bond acceptors (Lipinski definition) is 8. The van der Waals surface area contributed by atoms with E-state index in [-0.39, 0.29) is 35.7 Å². The summed E-state index contributed by atoms with van der Waals surface area (Å²) in [5.41, 5.74) is 1.04. The highest BCUT2D eigenvalue weighted by Gasteiger charge is 2.38. The first-order valence-corrected chi connectivity index (χ1v) is 15.8. The molecule has 1 aliphatic carbocycles. The predicted molar refractivity (Wildman–Crippen MR) is 145 cm³/mol. The van der Waals surface area contributed by atoms with Crippen LogP contribution in [0.25, 0.3) is 0 Å². The van der Waals surface area contributed by atoms with Crippen molar-refractivity contribution in [2.45, 2.75) is 51.1 Å². The first kappa shape index (κ1) is 31.4. The van der Waals surface area contributed by atoms with Gasteiger partial charge in [0.2, 0.25) is 0 Å². The van der Waals surface area contributed by atoms with Crippen molar-refractivity contribution in [2.24, 2.45) is 5.92 Å². The number of rotatable bonds is 6. The number of carbonyl (C=O) groups excluding carboxylic acids is 2. The van der Waals surface area contributed by atoms with E-state index in [1.54, 1.807) is 16.9 Å². The maximum Gasteiger partial charge on any atom is 0.389 e. The van der Waals surface area contributed by atoms with Gasteiger partial charge in [0.1, 0.15) is 23.7 Å². The lowest BCUT2D eigenvalue weighted by molar-refractivity contribution is -0.134. The number of anilines is 2. The summed E-state index contributed by atoms with van der Waals surface area (Å²) in [6.45, 7) is -0.761. The molecule has 0 radical (unpaired) electrons. The van der Waals surface area contributed by atoms with Crippen LogP contribution in [-0.4, -0.2) is 58.1 Å². The molecule has 2 saturated heterocycles. The number of aromatic hydroxyl groups is 2. The number of phenolic OH excluding ortho intramolecular Hbond substituents is 2. The van der Waals surface area contributed by atoms with Crippen LogP contribution in [0.1, 0.15) is 43.2 Å². The molecule has 12 nitrogen and oxygen atoms in total. The van der Waals surface area contributed by atoms with Gasteiger partial charge in [-0.15, -0.1) is 0 Å². The Bertz CT molecular complexity index is 1580. The SMILES string of the molecule is O=C1CN(c2ccc(CCC(F)(F)F)cc2O)S(=O)(=O)N1.O=C1CNS(=O)(=O)N1c1ccc(CC2CCCC2)cc1O. The highest BCUT2D eigenvalue weighted by Crippen LogP contribution is 2.35. The van der Waals surface area contributed by atoms with E-state index in [0.29, 0.717) is 14.5 Å². The summed E-state index contributed by atoms with van der Waals surface area (Å²) in [5.74, 6) is -1.39. The Morgan fingerprint density at radius 3 is 2.00 bits per heavy atom. The fourth-order valence-electron chi connectivity index (χ4n) is 4.99. The maximum atomic E-state index is 12.1. The van der Waals surface area contributed by atoms with Crippen molar-refractivity contribution in [3.8, 4) is 11.5 Å². The molecule has 17 heteroatoms. The Labute approximate surface area is 240 Å². The minimum Gasteiger partial charge on any atom is -0.506 e. The van der Waals surface area contributed by atoms with Crippen molar-refractivity contribution in [1.82, 2.24) is 9.44 Å². The van der Waals surface area contributed by atoms with Crippen LogP contribution in [0.15, 0.2) is 36.4 Å². The van der Waals surface area contributed by atoms with Gasteiger partial charge in [-0.3, -0.25) is 9.59 Å². The zero-order chi connectivity index (χ0) is 30.9. The van der Waals surface area contributed by atoms with Gasteiger partial charge in [-0.2, -0.15) is 39.0 Å². The van der Waals surface area contributed by atoms with Crippen molar-refractivity contribution in [3.05, 3.63) is 47.5 Å². The molecule has 2 aromatic rings. The molecule has 3 fully saturated rings. The van der Waals surface area contributed by atoms with Crippen molar-refractivity contribution in [1.29, 1.82) is 0 Å². The number of aryl methyl sites for hydroxylation is 1. The summed E-state index contributed by atoms with van der Waals surface area (Å²) in [6.07, 6.45) is 0.0868. The monoisotopic (exact) mass is 634 g/mol. The number of amides is 2. The largest absolute Gasteiger partial charge is 0.506 e. The fourth-order valence-corrected chi connectivity index (χ4v) is 7.33. The molecule has 1 saturated carbocycles. The summed E-state index contributed by atoms with van der Waals surface area (Å²) in [4.78, 5) is 22.8. The van der Waals surface area contributed by atoms with Crippen LogP contribution < -0.4 is 18.1 Å². The molecule has 0 aromatic heterocycles. The first-order valence-electron chi connectivity index (χ1n) is 12.9. The van der Waals surface area contributed by atoms with Gasteiger partial charge in [-0.25, -0.2) is 9.03 Å². The second-order valence-electron chi connectivity index (χ2n) is 10.1. The van der Waals surface area contributed by atoms with Gasteiger partial charge >= 0.3 is 26.6 Å². The average molecular weight is 635 g/mol. The molecule has 2 amide bonds. The van der Waals surface area contributed by atoms with Gasteiger partial charge in [0, 0.05) is 6.42 Å². The standard InChI is InChI=1S/C14H18N2O4S.C11H11F3N2O4S/c17-13-8-11(7-10-3-1-2-4-10)5-6-12(13)16-14(18)9-15-21(16,19)20;12-11(13,14)4-3-7-1-2-8(9(17)5-7)16-6-10(18)15-21(16,19)20/h5-6,8,10,15,17H,1-4,7,9H2;1-2,5,17H,3-4,6H2,(H,15,18). The maximum absolute atomic E-state index is 12.1. The van der Waals surface area contributed by atoms with E-state index in [1.165, 1.54) is 43.9 Å². The Balaban J connectivity index is 0.000000193. The lowest BCUT2D eigenvalue weighted by atomic mass is 9.97. The van der Waals surface area contributed by atoms with E-state index in [4.69, 9.17) is 0 Å². The smallest absolute Gasteiger partial charge is 0.389 e. The van der Waals surface area contributed by atoms with E-state index >= 15 is 0 Å². The number of benzene rings is 2. The summed E-state index contributed by atoms with van der Waals surface area (Å²) >= 11 is 0. The van der Waals surface area contributed by atoms with Gasteiger partial charge < -0.3 is 10.2 Å². The summed E-state index contributed by atoms with van der Waals surface area (Å²) < 4.78 is 88.2. The van der Waals surface area contributed by atoms with Crippen molar-refractivity contribution < 1.29 is 49.8 Å². The van der Waals surface area contributed by atoms with Crippen LogP contribution in [0.5, 0.6) is 11.5 Å². The molecule has 0 spiro atoms. The highest BCUT2D eigenvalue weighted by molar-refractivity contribution is 7.92. The first-order chi connectivity index (χ1) is 19.6. The normalized spacial score (nSPS) is 20.0. The van der Waals surface area contributed by atoms with E-state index in [2.05, 4.69) is 4.72 Å². The number of carbonyl (C=O) groups is 2. The summed E-state index contributed by atoms with van der Waals surface area (Å²) in [6, 6.07) is 8.35. The fraction of sp³-hybridized carbons (Fsp3) is 0.440. The molecular weight excluding hydrogens is 605 g/mol. The van der Waals surface area contributed by atoms with Gasteiger partial charge in [-0.05, 0) is 54.2 Å². The summed E-state index contributed by atoms with van der Waals surface area (Å²) in [5, 5.41) is 19.9. The highest BCUT2D eigenvalue weighted by atomic mass is 32.2. The van der Waals surface area contributed by atoms with Crippen LogP contribution in [0.2, 0.25) is 0 Å². The molecule has 5 rings (SSSR count). The molecular formula is C25H29F3N4O8S2. The molecule has 2 heterocycles. The number of nitrogens with zero attached hydrogens (tertiary/aromatic N) is 2. The quantitative estimate of drug-likeness (QED) is 0.375. The number of phenols is 2. The van der Waals surface area contributed by atoms with Gasteiger partial charge in [0.25, 0.3) is 11.8 Å². The Morgan fingerprint density at radius 2 is 1.48 bits per heavy atom. The van der Waals surface area contributed by atoms with Crippen LogP contribution in [-0.2, 0) is 42.8 Å². The van der Waals surface area contributed by atoms with Crippen LogP contribution in [0.3, 0.4) is 0 Å². The van der Waals surface area contributed by atoms with Crippen LogP contribution >= 0.6 is 0 Å².